The monoisotopic (exact) mass is 481 g/mol. The van der Waals surface area contributed by atoms with E-state index in [0.29, 0.717) is 18.8 Å². The van der Waals surface area contributed by atoms with Crippen molar-refractivity contribution in [2.45, 2.75) is 65.0 Å². The maximum Gasteiger partial charge on any atom is 0.303 e. The summed E-state index contributed by atoms with van der Waals surface area (Å²) in [6, 6.07) is 19.3. The summed E-state index contributed by atoms with van der Waals surface area (Å²) in [6.45, 7) is 3.98. The molecule has 0 bridgehead atoms. The van der Waals surface area contributed by atoms with Gasteiger partial charge in [-0.3, -0.25) is 9.59 Å². The van der Waals surface area contributed by atoms with Crippen molar-refractivity contribution >= 4 is 22.7 Å². The number of benzene rings is 2. The summed E-state index contributed by atoms with van der Waals surface area (Å²) in [7, 11) is 0. The van der Waals surface area contributed by atoms with Crippen LogP contribution in [0.5, 0.6) is 5.75 Å². The number of pyridine rings is 1. The van der Waals surface area contributed by atoms with Crippen LogP contribution in [0.15, 0.2) is 60.7 Å². The lowest BCUT2D eigenvalue weighted by atomic mass is 9.91. The zero-order chi connectivity index (χ0) is 25.2. The molecule has 3 atom stereocenters. The third-order valence-electron chi connectivity index (χ3n) is 6.01. The Kier molecular flexibility index (Phi) is 9.73. The standard InChI is InChI=1S/C28H32FNO5/c1-3-21(27(31)13-14-28(32)33)16-25(29)19(2)34-17-20-7-6-9-24(15-20)35-18-23-12-11-22-8-4-5-10-26(22)30-23/h4-12,15,19,21,25H,3,13-14,16-18H2,1-2H3,(H,32,33). The van der Waals surface area contributed by atoms with Crippen molar-refractivity contribution in [3.63, 3.8) is 0 Å². The summed E-state index contributed by atoms with van der Waals surface area (Å²) < 4.78 is 26.4. The third-order valence-corrected chi connectivity index (χ3v) is 6.01. The summed E-state index contributed by atoms with van der Waals surface area (Å²) in [4.78, 5) is 27.5. The molecule has 2 aromatic carbocycles. The lowest BCUT2D eigenvalue weighted by Gasteiger charge is -2.22. The van der Waals surface area contributed by atoms with Crippen molar-refractivity contribution in [3.05, 3.63) is 71.9 Å². The van der Waals surface area contributed by atoms with Gasteiger partial charge in [-0.2, -0.15) is 0 Å². The number of rotatable bonds is 14. The molecule has 0 aliphatic rings. The van der Waals surface area contributed by atoms with Crippen LogP contribution in [0.1, 0.15) is 50.8 Å². The Hall–Kier alpha value is -3.32. The smallest absolute Gasteiger partial charge is 0.303 e. The Morgan fingerprint density at radius 3 is 2.60 bits per heavy atom. The number of carbonyl (C=O) groups excluding carboxylic acids is 1. The Balaban J connectivity index is 1.49. The van der Waals surface area contributed by atoms with Crippen molar-refractivity contribution in [2.75, 3.05) is 0 Å². The molecule has 0 radical (unpaired) electrons. The van der Waals surface area contributed by atoms with E-state index in [0.717, 1.165) is 22.2 Å². The first kappa shape index (κ1) is 26.3. The van der Waals surface area contributed by atoms with Gasteiger partial charge in [0.1, 0.15) is 24.3 Å². The van der Waals surface area contributed by atoms with E-state index in [9.17, 15) is 14.0 Å². The minimum atomic E-state index is -1.33. The number of carboxylic acid groups (broad SMARTS) is 1. The Morgan fingerprint density at radius 2 is 1.83 bits per heavy atom. The molecule has 1 heterocycles. The molecule has 7 heteroatoms. The predicted octanol–water partition coefficient (Wildman–Crippen LogP) is 5.91. The van der Waals surface area contributed by atoms with Crippen LogP contribution in [0, 0.1) is 5.92 Å². The second kappa shape index (κ2) is 13.0. The van der Waals surface area contributed by atoms with E-state index in [4.69, 9.17) is 14.6 Å². The minimum Gasteiger partial charge on any atom is -0.487 e. The average Bonchev–Trinajstić information content (AvgIpc) is 2.87. The highest BCUT2D eigenvalue weighted by molar-refractivity contribution is 5.84. The van der Waals surface area contributed by atoms with Gasteiger partial charge in [-0.05, 0) is 49.6 Å². The van der Waals surface area contributed by atoms with Gasteiger partial charge < -0.3 is 14.6 Å². The van der Waals surface area contributed by atoms with Gasteiger partial charge in [-0.1, -0.05) is 43.3 Å². The zero-order valence-corrected chi connectivity index (χ0v) is 20.2. The van der Waals surface area contributed by atoms with E-state index in [1.165, 1.54) is 0 Å². The molecular formula is C28H32FNO5. The molecule has 3 rings (SSSR count). The molecule has 1 N–H and O–H groups in total. The van der Waals surface area contributed by atoms with Crippen LogP contribution in [-0.4, -0.2) is 34.1 Å². The van der Waals surface area contributed by atoms with E-state index in [2.05, 4.69) is 4.98 Å². The molecule has 35 heavy (non-hydrogen) atoms. The summed E-state index contributed by atoms with van der Waals surface area (Å²) in [5.74, 6) is -1.08. The number of hydrogen-bond donors (Lipinski definition) is 1. The summed E-state index contributed by atoms with van der Waals surface area (Å²) in [5, 5.41) is 9.83. The van der Waals surface area contributed by atoms with Crippen LogP contribution < -0.4 is 4.74 Å². The third kappa shape index (κ3) is 8.14. The first-order valence-corrected chi connectivity index (χ1v) is 11.9. The van der Waals surface area contributed by atoms with Crippen LogP contribution in [0.3, 0.4) is 0 Å². The largest absolute Gasteiger partial charge is 0.487 e. The quantitative estimate of drug-likeness (QED) is 0.308. The number of aliphatic carboxylic acids is 1. The average molecular weight is 482 g/mol. The number of fused-ring (bicyclic) bond motifs is 1. The molecule has 3 unspecified atom stereocenters. The number of ether oxygens (including phenoxy) is 2. The fraction of sp³-hybridized carbons (Fsp3) is 0.393. The number of nitrogens with zero attached hydrogens (tertiary/aromatic N) is 1. The van der Waals surface area contributed by atoms with Crippen LogP contribution in [0.25, 0.3) is 10.9 Å². The topological polar surface area (TPSA) is 85.7 Å². The summed E-state index contributed by atoms with van der Waals surface area (Å²) >= 11 is 0. The normalized spacial score (nSPS) is 13.8. The Bertz CT molecular complexity index is 1140. The summed E-state index contributed by atoms with van der Waals surface area (Å²) in [5.41, 5.74) is 2.58. The number of para-hydroxylation sites is 1. The van der Waals surface area contributed by atoms with Gasteiger partial charge in [0.05, 0.1) is 30.3 Å². The van der Waals surface area contributed by atoms with Gasteiger partial charge in [0.2, 0.25) is 0 Å². The predicted molar refractivity (Wildman–Crippen MR) is 132 cm³/mol. The maximum atomic E-state index is 14.8. The van der Waals surface area contributed by atoms with Crippen LogP contribution in [-0.2, 0) is 27.5 Å². The first-order valence-electron chi connectivity index (χ1n) is 11.9. The molecule has 0 aliphatic carbocycles. The Labute approximate surface area is 205 Å². The number of aromatic nitrogens is 1. The highest BCUT2D eigenvalue weighted by Gasteiger charge is 2.25. The highest BCUT2D eigenvalue weighted by Crippen LogP contribution is 2.22. The second-order valence-electron chi connectivity index (χ2n) is 8.66. The molecular weight excluding hydrogens is 449 g/mol. The van der Waals surface area contributed by atoms with Crippen LogP contribution in [0.4, 0.5) is 4.39 Å². The maximum absolute atomic E-state index is 14.8. The highest BCUT2D eigenvalue weighted by atomic mass is 19.1. The number of alkyl halides is 1. The molecule has 0 amide bonds. The number of carbonyl (C=O) groups is 2. The van der Waals surface area contributed by atoms with Crippen molar-refractivity contribution in [2.24, 2.45) is 5.92 Å². The molecule has 186 valence electrons. The van der Waals surface area contributed by atoms with Crippen molar-refractivity contribution in [1.82, 2.24) is 4.98 Å². The number of Topliss-reactive ketones (excluding diaryl/α,β-unsaturated/α-hetero) is 1. The molecule has 0 saturated heterocycles. The lowest BCUT2D eigenvalue weighted by molar-refractivity contribution is -0.139. The first-order chi connectivity index (χ1) is 16.9. The number of hydrogen-bond acceptors (Lipinski definition) is 5. The van der Waals surface area contributed by atoms with Gasteiger partial charge in [0.25, 0.3) is 0 Å². The van der Waals surface area contributed by atoms with Crippen molar-refractivity contribution in [1.29, 1.82) is 0 Å². The molecule has 0 spiro atoms. The van der Waals surface area contributed by atoms with Crippen LogP contribution in [0.2, 0.25) is 0 Å². The van der Waals surface area contributed by atoms with Gasteiger partial charge >= 0.3 is 5.97 Å². The number of ketones is 1. The molecule has 3 aromatic rings. The van der Waals surface area contributed by atoms with Crippen LogP contribution >= 0.6 is 0 Å². The number of halogens is 1. The fourth-order valence-electron chi connectivity index (χ4n) is 3.83. The second-order valence-corrected chi connectivity index (χ2v) is 8.66. The van der Waals surface area contributed by atoms with Gasteiger partial charge in [0.15, 0.2) is 0 Å². The minimum absolute atomic E-state index is 0.0258. The fourth-order valence-corrected chi connectivity index (χ4v) is 3.83. The summed E-state index contributed by atoms with van der Waals surface area (Å²) in [6.07, 6.45) is -1.84. The SMILES string of the molecule is CCC(CC(F)C(C)OCc1cccc(OCc2ccc3ccccc3n2)c1)C(=O)CCC(=O)O. The molecule has 0 aliphatic heterocycles. The zero-order valence-electron chi connectivity index (χ0n) is 20.2. The van der Waals surface area contributed by atoms with E-state index in [1.807, 2.05) is 60.7 Å². The van der Waals surface area contributed by atoms with E-state index < -0.39 is 24.2 Å². The molecule has 0 saturated carbocycles. The molecule has 6 nitrogen and oxygen atoms in total. The Morgan fingerprint density at radius 1 is 1.03 bits per heavy atom. The van der Waals surface area contributed by atoms with Gasteiger partial charge in [-0.25, -0.2) is 9.37 Å². The molecule has 1 aromatic heterocycles. The lowest BCUT2D eigenvalue weighted by Crippen LogP contribution is -2.27. The van der Waals surface area contributed by atoms with Gasteiger partial charge in [0, 0.05) is 17.7 Å². The van der Waals surface area contributed by atoms with E-state index in [1.54, 1.807) is 13.8 Å². The van der Waals surface area contributed by atoms with Crippen molar-refractivity contribution in [3.8, 4) is 5.75 Å². The van der Waals surface area contributed by atoms with E-state index >= 15 is 0 Å². The van der Waals surface area contributed by atoms with Gasteiger partial charge in [-0.15, -0.1) is 0 Å². The van der Waals surface area contributed by atoms with Crippen molar-refractivity contribution < 1.29 is 28.6 Å². The van der Waals surface area contributed by atoms with E-state index in [-0.39, 0.29) is 31.7 Å². The molecule has 0 fully saturated rings. The number of carboxylic acids is 1.